The molecule has 0 atom stereocenters. The third-order valence-corrected chi connectivity index (χ3v) is 3.19. The second-order valence-corrected chi connectivity index (χ2v) is 4.42. The van der Waals surface area contributed by atoms with Crippen LogP contribution >= 0.6 is 11.3 Å². The summed E-state index contributed by atoms with van der Waals surface area (Å²) in [5, 5.41) is 9.28. The van der Waals surface area contributed by atoms with Gasteiger partial charge in [-0.2, -0.15) is 0 Å². The number of hydrogen-bond acceptors (Lipinski definition) is 5. The number of carboxylic acids is 1. The quantitative estimate of drug-likeness (QED) is 0.891. The van der Waals surface area contributed by atoms with Gasteiger partial charge in [-0.3, -0.25) is 0 Å². The van der Waals surface area contributed by atoms with Gasteiger partial charge in [0.25, 0.3) is 0 Å². The Bertz CT molecular complexity index is 612. The minimum Gasteiger partial charge on any atom is -0.494 e. The lowest BCUT2D eigenvalue weighted by atomic mass is 10.2. The lowest BCUT2D eigenvalue weighted by molar-refractivity contribution is 0.0692. The third kappa shape index (κ3) is 2.12. The first kappa shape index (κ1) is 12.3. The van der Waals surface area contributed by atoms with E-state index < -0.39 is 11.8 Å². The van der Waals surface area contributed by atoms with Crippen LogP contribution in [0.25, 0.3) is 10.6 Å². The van der Waals surface area contributed by atoms with Crippen LogP contribution in [-0.4, -0.2) is 23.2 Å². The fourth-order valence-corrected chi connectivity index (χ4v) is 2.23. The second-order valence-electron chi connectivity index (χ2n) is 3.39. The van der Waals surface area contributed by atoms with Gasteiger partial charge in [0.05, 0.1) is 7.11 Å². The topological polar surface area (TPSA) is 85.4 Å². The molecule has 0 unspecified atom stereocenters. The monoisotopic (exact) mass is 268 g/mol. The number of thiazole rings is 1. The number of halogens is 1. The highest BCUT2D eigenvalue weighted by Gasteiger charge is 2.16. The zero-order valence-corrected chi connectivity index (χ0v) is 10.1. The fraction of sp³-hybridized carbons (Fsp3) is 0.0909. The summed E-state index contributed by atoms with van der Waals surface area (Å²) in [7, 11) is 1.36. The number of aromatic nitrogens is 1. The predicted molar refractivity (Wildman–Crippen MR) is 65.4 cm³/mol. The largest absolute Gasteiger partial charge is 0.494 e. The predicted octanol–water partition coefficient (Wildman–Crippen LogP) is 2.24. The van der Waals surface area contributed by atoms with Crippen molar-refractivity contribution in [1.29, 1.82) is 0 Å². The van der Waals surface area contributed by atoms with Crippen LogP contribution in [0, 0.1) is 5.82 Å². The molecule has 0 aliphatic carbocycles. The number of nitrogen functional groups attached to an aromatic ring is 1. The van der Waals surface area contributed by atoms with E-state index in [0.29, 0.717) is 10.6 Å². The second kappa shape index (κ2) is 4.61. The van der Waals surface area contributed by atoms with Crippen LogP contribution in [0.1, 0.15) is 10.5 Å². The van der Waals surface area contributed by atoms with Gasteiger partial charge in [0.1, 0.15) is 10.0 Å². The molecule has 0 saturated carbocycles. The van der Waals surface area contributed by atoms with Crippen LogP contribution in [0.4, 0.5) is 9.39 Å². The van der Waals surface area contributed by atoms with Gasteiger partial charge in [-0.05, 0) is 18.2 Å². The number of ether oxygens (including phenoxy) is 1. The summed E-state index contributed by atoms with van der Waals surface area (Å²) in [4.78, 5) is 14.7. The maximum atomic E-state index is 13.5. The molecular formula is C11H9FN2O3S. The van der Waals surface area contributed by atoms with Gasteiger partial charge in [-0.15, -0.1) is 0 Å². The van der Waals surface area contributed by atoms with Gasteiger partial charge in [0.15, 0.2) is 17.3 Å². The van der Waals surface area contributed by atoms with Crippen molar-refractivity contribution in [3.63, 3.8) is 0 Å². The summed E-state index contributed by atoms with van der Waals surface area (Å²) >= 11 is 0.996. The smallest absolute Gasteiger partial charge is 0.357 e. The van der Waals surface area contributed by atoms with E-state index in [-0.39, 0.29) is 16.4 Å². The Labute approximate surface area is 106 Å². The SMILES string of the molecule is COc1ccc(-c2nc(C(=O)O)c(N)s2)cc1F. The molecule has 2 rings (SSSR count). The van der Waals surface area contributed by atoms with Crippen molar-refractivity contribution in [2.24, 2.45) is 0 Å². The summed E-state index contributed by atoms with van der Waals surface area (Å²) in [5.41, 5.74) is 5.77. The summed E-state index contributed by atoms with van der Waals surface area (Å²) in [5.74, 6) is -1.63. The molecule has 0 spiro atoms. The molecule has 0 bridgehead atoms. The zero-order valence-electron chi connectivity index (χ0n) is 9.31. The van der Waals surface area contributed by atoms with Crippen molar-refractivity contribution < 1.29 is 19.0 Å². The average molecular weight is 268 g/mol. The first-order valence-corrected chi connectivity index (χ1v) is 5.68. The number of hydrogen-bond donors (Lipinski definition) is 2. The van der Waals surface area contributed by atoms with E-state index in [0.717, 1.165) is 11.3 Å². The number of methoxy groups -OCH3 is 1. The Balaban J connectivity index is 2.46. The molecule has 0 radical (unpaired) electrons. The minimum atomic E-state index is -1.20. The number of benzene rings is 1. The third-order valence-electron chi connectivity index (χ3n) is 2.25. The molecule has 94 valence electrons. The van der Waals surface area contributed by atoms with Crippen LogP contribution in [0.2, 0.25) is 0 Å². The van der Waals surface area contributed by atoms with Crippen LogP contribution in [0.3, 0.4) is 0 Å². The zero-order chi connectivity index (χ0) is 13.3. The first-order chi connectivity index (χ1) is 8.52. The standard InChI is InChI=1S/C11H9FN2O3S/c1-17-7-3-2-5(4-6(7)12)10-14-8(11(15)16)9(13)18-10/h2-4H,13H2,1H3,(H,15,16). The first-order valence-electron chi connectivity index (χ1n) is 4.86. The normalized spacial score (nSPS) is 10.3. The molecule has 0 fully saturated rings. The van der Waals surface area contributed by atoms with Crippen molar-refractivity contribution >= 4 is 22.3 Å². The van der Waals surface area contributed by atoms with Gasteiger partial charge in [0, 0.05) is 5.56 Å². The molecule has 1 aromatic heterocycles. The summed E-state index contributed by atoms with van der Waals surface area (Å²) in [6.45, 7) is 0. The summed E-state index contributed by atoms with van der Waals surface area (Å²) < 4.78 is 18.3. The van der Waals surface area contributed by atoms with Gasteiger partial charge >= 0.3 is 5.97 Å². The van der Waals surface area contributed by atoms with Crippen molar-refractivity contribution in [3.8, 4) is 16.3 Å². The maximum Gasteiger partial charge on any atom is 0.357 e. The molecule has 0 amide bonds. The molecule has 1 aromatic carbocycles. The lowest BCUT2D eigenvalue weighted by Gasteiger charge is -2.02. The van der Waals surface area contributed by atoms with Gasteiger partial charge in [-0.25, -0.2) is 14.2 Å². The minimum absolute atomic E-state index is 0.0914. The molecular weight excluding hydrogens is 259 g/mol. The number of carbonyl (C=O) groups is 1. The van der Waals surface area contributed by atoms with Crippen LogP contribution in [-0.2, 0) is 0 Å². The number of nitrogens with zero attached hydrogens (tertiary/aromatic N) is 1. The van der Waals surface area contributed by atoms with E-state index in [1.165, 1.54) is 19.2 Å². The maximum absolute atomic E-state index is 13.5. The Morgan fingerprint density at radius 1 is 1.56 bits per heavy atom. The van der Waals surface area contributed by atoms with E-state index in [1.54, 1.807) is 6.07 Å². The average Bonchev–Trinajstić information content (AvgIpc) is 2.71. The van der Waals surface area contributed by atoms with Crippen LogP contribution in [0.5, 0.6) is 5.75 Å². The molecule has 0 saturated heterocycles. The Morgan fingerprint density at radius 2 is 2.28 bits per heavy atom. The van der Waals surface area contributed by atoms with E-state index in [4.69, 9.17) is 15.6 Å². The highest BCUT2D eigenvalue weighted by Crippen LogP contribution is 2.32. The summed E-state index contributed by atoms with van der Waals surface area (Å²) in [6, 6.07) is 4.26. The number of carboxylic acid groups (broad SMARTS) is 1. The number of aromatic carboxylic acids is 1. The molecule has 0 aliphatic heterocycles. The van der Waals surface area contributed by atoms with E-state index in [2.05, 4.69) is 4.98 Å². The van der Waals surface area contributed by atoms with Crippen LogP contribution in [0.15, 0.2) is 18.2 Å². The van der Waals surface area contributed by atoms with Gasteiger partial charge in [-0.1, -0.05) is 11.3 Å². The number of anilines is 1. The van der Waals surface area contributed by atoms with E-state index >= 15 is 0 Å². The van der Waals surface area contributed by atoms with Gasteiger partial charge < -0.3 is 15.6 Å². The number of nitrogens with two attached hydrogens (primary N) is 1. The molecule has 3 N–H and O–H groups in total. The van der Waals surface area contributed by atoms with Gasteiger partial charge in [0.2, 0.25) is 0 Å². The molecule has 0 aliphatic rings. The molecule has 1 heterocycles. The Morgan fingerprint density at radius 3 is 2.78 bits per heavy atom. The van der Waals surface area contributed by atoms with Crippen LogP contribution < -0.4 is 10.5 Å². The molecule has 7 heteroatoms. The lowest BCUT2D eigenvalue weighted by Crippen LogP contribution is -2.00. The Kier molecular flexibility index (Phi) is 3.15. The molecule has 2 aromatic rings. The van der Waals surface area contributed by atoms with Crippen molar-refractivity contribution in [1.82, 2.24) is 4.98 Å². The highest BCUT2D eigenvalue weighted by atomic mass is 32.1. The van der Waals surface area contributed by atoms with Crippen molar-refractivity contribution in [3.05, 3.63) is 29.7 Å². The van der Waals surface area contributed by atoms with E-state index in [1.807, 2.05) is 0 Å². The van der Waals surface area contributed by atoms with Crippen molar-refractivity contribution in [2.45, 2.75) is 0 Å². The molecule has 5 nitrogen and oxygen atoms in total. The Hall–Kier alpha value is -2.15. The van der Waals surface area contributed by atoms with E-state index in [9.17, 15) is 9.18 Å². The van der Waals surface area contributed by atoms with Crippen molar-refractivity contribution in [2.75, 3.05) is 12.8 Å². The molecule has 18 heavy (non-hydrogen) atoms. The number of rotatable bonds is 3. The summed E-state index contributed by atoms with van der Waals surface area (Å²) in [6.07, 6.45) is 0. The fourth-order valence-electron chi connectivity index (χ4n) is 1.41. The highest BCUT2D eigenvalue weighted by molar-refractivity contribution is 7.19.